The van der Waals surface area contributed by atoms with Gasteiger partial charge in [-0.2, -0.15) is 5.10 Å². The highest BCUT2D eigenvalue weighted by molar-refractivity contribution is 6.35. The fourth-order valence-electron chi connectivity index (χ4n) is 6.55. The smallest absolute Gasteiger partial charge is 0.251 e. The third-order valence-corrected chi connectivity index (χ3v) is 9.29. The molecule has 0 fully saturated rings. The number of carbonyl (C=O) groups is 3. The van der Waals surface area contributed by atoms with E-state index in [1.54, 1.807) is 36.5 Å². The molecule has 11 nitrogen and oxygen atoms in total. The second-order valence-electron chi connectivity index (χ2n) is 12.0. The first-order valence-electron chi connectivity index (χ1n) is 15.2. The fraction of sp³-hybridized carbons (Fsp3) is 0.324. The number of likely N-dealkylation sites (N-methyl/N-ethyl adjacent to an activating group) is 1. The minimum Gasteiger partial charge on any atom is -0.377 e. The van der Waals surface area contributed by atoms with Gasteiger partial charge in [0.05, 0.1) is 48.6 Å². The molecule has 4 aromatic rings. The molecular formula is C34H33ClN6O5. The lowest BCUT2D eigenvalue weighted by Gasteiger charge is -2.25. The molecule has 3 N–H and O–H groups in total. The van der Waals surface area contributed by atoms with E-state index < -0.39 is 11.5 Å². The van der Waals surface area contributed by atoms with Crippen LogP contribution < -0.4 is 10.6 Å². The maximum Gasteiger partial charge on any atom is 0.251 e. The first-order valence-corrected chi connectivity index (χ1v) is 15.6. The lowest BCUT2D eigenvalue weighted by atomic mass is 9.79. The molecule has 236 valence electrons. The first-order chi connectivity index (χ1) is 22.3. The summed E-state index contributed by atoms with van der Waals surface area (Å²) in [5.74, 6) is -0.175. The van der Waals surface area contributed by atoms with Gasteiger partial charge in [-0.3, -0.25) is 19.5 Å². The lowest BCUT2D eigenvalue weighted by Crippen LogP contribution is -2.49. The number of H-pyrrole nitrogens is 1. The van der Waals surface area contributed by atoms with E-state index in [0.29, 0.717) is 67.7 Å². The van der Waals surface area contributed by atoms with Crippen molar-refractivity contribution in [3.05, 3.63) is 93.3 Å². The number of nitrogens with zero attached hydrogens (tertiary/aromatic N) is 3. The number of halogens is 1. The number of benzene rings is 2. The number of aromatic nitrogens is 3. The summed E-state index contributed by atoms with van der Waals surface area (Å²) in [4.78, 5) is 47.0. The molecule has 46 heavy (non-hydrogen) atoms. The molecule has 3 aliphatic rings. The number of amides is 3. The van der Waals surface area contributed by atoms with Gasteiger partial charge in [-0.05, 0) is 65.4 Å². The number of nitrogens with one attached hydrogen (secondary N) is 3. The molecule has 3 amide bonds. The van der Waals surface area contributed by atoms with Crippen LogP contribution in [-0.4, -0.2) is 83.9 Å². The van der Waals surface area contributed by atoms with Crippen molar-refractivity contribution in [2.75, 3.05) is 45.3 Å². The SMILES string of the molecule is CN1CCOCCOC/C=C/c2cnc3c(c2)[C@]2(Cc4ccc(cc4C2)C(=O)NC(Cc2cc(Cl)c4[nH]ncc4c2)C1=O)C(=O)N3. The highest BCUT2D eigenvalue weighted by Crippen LogP contribution is 2.47. The number of hydrogen-bond donors (Lipinski definition) is 3. The van der Waals surface area contributed by atoms with Crippen molar-refractivity contribution >= 4 is 52.1 Å². The number of carbonyl (C=O) groups excluding carboxylic acids is 3. The molecule has 0 saturated carbocycles. The summed E-state index contributed by atoms with van der Waals surface area (Å²) in [5.41, 5.74) is 4.74. The summed E-state index contributed by atoms with van der Waals surface area (Å²) in [6.07, 6.45) is 8.40. The summed E-state index contributed by atoms with van der Waals surface area (Å²) in [6, 6.07) is 10.3. The van der Waals surface area contributed by atoms with Crippen LogP contribution in [0.3, 0.4) is 0 Å². The number of rotatable bonds is 2. The topological polar surface area (TPSA) is 139 Å². The summed E-state index contributed by atoms with van der Waals surface area (Å²) in [7, 11) is 1.69. The number of ether oxygens (including phenoxy) is 2. The zero-order chi connectivity index (χ0) is 31.8. The second kappa shape index (κ2) is 12.3. The van der Waals surface area contributed by atoms with Crippen LogP contribution in [0.5, 0.6) is 0 Å². The van der Waals surface area contributed by atoms with Gasteiger partial charge < -0.3 is 25.0 Å². The first kappa shape index (κ1) is 30.1. The maximum atomic E-state index is 13.8. The fourth-order valence-corrected chi connectivity index (χ4v) is 6.85. The summed E-state index contributed by atoms with van der Waals surface area (Å²) < 4.78 is 11.4. The van der Waals surface area contributed by atoms with Crippen molar-refractivity contribution in [2.24, 2.45) is 0 Å². The van der Waals surface area contributed by atoms with Crippen molar-refractivity contribution in [2.45, 2.75) is 30.7 Å². The molecular weight excluding hydrogens is 608 g/mol. The molecule has 2 atom stereocenters. The summed E-state index contributed by atoms with van der Waals surface area (Å²) in [6.45, 7) is 1.80. The van der Waals surface area contributed by atoms with E-state index in [1.165, 1.54) is 0 Å². The van der Waals surface area contributed by atoms with Gasteiger partial charge in [0.1, 0.15) is 11.9 Å². The third kappa shape index (κ3) is 5.66. The van der Waals surface area contributed by atoms with Crippen LogP contribution in [0, 0.1) is 0 Å². The lowest BCUT2D eigenvalue weighted by molar-refractivity contribution is -0.132. The van der Waals surface area contributed by atoms with Crippen molar-refractivity contribution < 1.29 is 23.9 Å². The highest BCUT2D eigenvalue weighted by atomic mass is 35.5. The molecule has 7 rings (SSSR count). The van der Waals surface area contributed by atoms with Gasteiger partial charge in [-0.1, -0.05) is 29.8 Å². The van der Waals surface area contributed by atoms with Crippen molar-refractivity contribution in [3.63, 3.8) is 0 Å². The average molecular weight is 641 g/mol. The molecule has 2 aliphatic heterocycles. The Kier molecular flexibility index (Phi) is 8.06. The Morgan fingerprint density at radius 3 is 2.76 bits per heavy atom. The van der Waals surface area contributed by atoms with Crippen LogP contribution in [0.4, 0.5) is 5.82 Å². The van der Waals surface area contributed by atoms with Crippen LogP contribution in [0.1, 0.15) is 38.2 Å². The molecule has 0 saturated heterocycles. The van der Waals surface area contributed by atoms with Gasteiger partial charge in [0.2, 0.25) is 11.8 Å². The maximum absolute atomic E-state index is 13.8. The van der Waals surface area contributed by atoms with E-state index in [4.69, 9.17) is 21.1 Å². The Bertz CT molecular complexity index is 1890. The molecule has 1 aliphatic carbocycles. The van der Waals surface area contributed by atoms with Crippen molar-refractivity contribution in [1.82, 2.24) is 25.4 Å². The number of hydrogen-bond acceptors (Lipinski definition) is 7. The third-order valence-electron chi connectivity index (χ3n) is 8.99. The van der Waals surface area contributed by atoms with Gasteiger partial charge >= 0.3 is 0 Å². The summed E-state index contributed by atoms with van der Waals surface area (Å²) >= 11 is 6.49. The molecule has 2 aromatic carbocycles. The highest BCUT2D eigenvalue weighted by Gasteiger charge is 2.51. The average Bonchev–Trinajstić information content (AvgIpc) is 3.75. The van der Waals surface area contributed by atoms with Crippen molar-refractivity contribution in [1.29, 1.82) is 0 Å². The molecule has 1 spiro atoms. The molecule has 5 bridgehead atoms. The van der Waals surface area contributed by atoms with Gasteiger partial charge in [0.15, 0.2) is 0 Å². The summed E-state index contributed by atoms with van der Waals surface area (Å²) in [5, 5.41) is 14.2. The van der Waals surface area contributed by atoms with E-state index in [9.17, 15) is 14.4 Å². The second-order valence-corrected chi connectivity index (χ2v) is 12.4. The predicted octanol–water partition coefficient (Wildman–Crippen LogP) is 3.46. The van der Waals surface area contributed by atoms with E-state index in [-0.39, 0.29) is 24.1 Å². The number of pyridine rings is 1. The molecule has 2 aromatic heterocycles. The quantitative estimate of drug-likeness (QED) is 0.305. The Morgan fingerprint density at radius 2 is 1.87 bits per heavy atom. The van der Waals surface area contributed by atoms with Gasteiger partial charge in [-0.25, -0.2) is 4.98 Å². The normalized spacial score (nSPS) is 22.8. The Balaban J connectivity index is 1.20. The Morgan fingerprint density at radius 1 is 1.02 bits per heavy atom. The molecule has 0 radical (unpaired) electrons. The number of anilines is 1. The standard InChI is InChI=1S/C34H33ClN6O5/c1-41-6-8-46-10-9-45-7-2-3-20-12-26-30(36-18-20)39-33(44)34(26)16-23-5-4-22(15-24(23)17-34)31(42)38-28(32(41)43)14-21-11-25-19-37-40-29(25)27(35)13-21/h2-5,11-13,15,18-19,28H,6-10,14,16-17H2,1H3,(H,37,40)(H,38,42)(H,36,39,44)/b3-2+/t28?,34-/m1/s1. The van der Waals surface area contributed by atoms with Crippen LogP contribution >= 0.6 is 11.6 Å². The monoisotopic (exact) mass is 640 g/mol. The molecule has 1 unspecified atom stereocenters. The van der Waals surface area contributed by atoms with Crippen molar-refractivity contribution in [3.8, 4) is 0 Å². The zero-order valence-corrected chi connectivity index (χ0v) is 26.0. The predicted molar refractivity (Wildman–Crippen MR) is 173 cm³/mol. The van der Waals surface area contributed by atoms with Gasteiger partial charge in [0, 0.05) is 42.7 Å². The number of fused-ring (bicyclic) bond motifs is 3. The van der Waals surface area contributed by atoms with E-state index in [1.807, 2.05) is 36.4 Å². The minimum atomic E-state index is -0.873. The molecule has 4 heterocycles. The Hall–Kier alpha value is -4.58. The van der Waals surface area contributed by atoms with Crippen LogP contribution in [0.2, 0.25) is 5.02 Å². The van der Waals surface area contributed by atoms with E-state index >= 15 is 0 Å². The number of aromatic amines is 1. The van der Waals surface area contributed by atoms with Crippen LogP contribution in [-0.2, 0) is 43.7 Å². The van der Waals surface area contributed by atoms with Crippen LogP contribution in [0.25, 0.3) is 17.0 Å². The zero-order valence-electron chi connectivity index (χ0n) is 25.3. The minimum absolute atomic E-state index is 0.0990. The van der Waals surface area contributed by atoms with Gasteiger partial charge in [0.25, 0.3) is 5.91 Å². The van der Waals surface area contributed by atoms with Crippen LogP contribution in [0.15, 0.2) is 54.9 Å². The largest absolute Gasteiger partial charge is 0.377 e. The van der Waals surface area contributed by atoms with E-state index in [2.05, 4.69) is 25.8 Å². The van der Waals surface area contributed by atoms with Gasteiger partial charge in [-0.15, -0.1) is 0 Å². The Labute approximate surface area is 270 Å². The molecule has 12 heteroatoms. The van der Waals surface area contributed by atoms with E-state index in [0.717, 1.165) is 33.2 Å².